The number of anilines is 2. The molecule has 2 N–H and O–H groups in total. The van der Waals surface area contributed by atoms with Crippen LogP contribution >= 0.6 is 12.2 Å². The first kappa shape index (κ1) is 20.4. The van der Waals surface area contributed by atoms with Crippen LogP contribution in [0.1, 0.15) is 25.0 Å². The predicted octanol–water partition coefficient (Wildman–Crippen LogP) is 4.14. The number of thiocarbonyl (C=S) groups is 1. The molecule has 0 spiro atoms. The van der Waals surface area contributed by atoms with Gasteiger partial charge in [-0.2, -0.15) is 4.31 Å². The molecule has 0 aliphatic rings. The Morgan fingerprint density at radius 2 is 1.58 bits per heavy atom. The third kappa shape index (κ3) is 4.81. The van der Waals surface area contributed by atoms with Crippen LogP contribution in [0.3, 0.4) is 0 Å². The maximum Gasteiger partial charge on any atom is 0.243 e. The smallest absolute Gasteiger partial charge is 0.243 e. The molecule has 0 aliphatic heterocycles. The second-order valence-electron chi connectivity index (χ2n) is 6.00. The molecule has 0 unspecified atom stereocenters. The molecule has 0 saturated heterocycles. The number of aryl methyl sites for hydroxylation is 2. The average molecular weight is 392 g/mol. The fourth-order valence-corrected chi connectivity index (χ4v) is 4.30. The summed E-state index contributed by atoms with van der Waals surface area (Å²) in [6.45, 7) is 8.61. The summed E-state index contributed by atoms with van der Waals surface area (Å²) in [6.07, 6.45) is 0. The molecule has 0 fully saturated rings. The first-order valence-corrected chi connectivity index (χ1v) is 10.4. The van der Waals surface area contributed by atoms with E-state index in [9.17, 15) is 8.42 Å². The molecule has 0 radical (unpaired) electrons. The lowest BCUT2D eigenvalue weighted by Gasteiger charge is -2.19. The lowest BCUT2D eigenvalue weighted by Crippen LogP contribution is -2.30. The van der Waals surface area contributed by atoms with Crippen LogP contribution < -0.4 is 10.6 Å². The van der Waals surface area contributed by atoms with Crippen LogP contribution in [0.2, 0.25) is 0 Å². The molecular formula is C19H25N3O2S2. The minimum absolute atomic E-state index is 0.250. The largest absolute Gasteiger partial charge is 0.332 e. The van der Waals surface area contributed by atoms with Gasteiger partial charge >= 0.3 is 0 Å². The number of benzene rings is 2. The van der Waals surface area contributed by atoms with Crippen molar-refractivity contribution in [2.75, 3.05) is 23.7 Å². The van der Waals surface area contributed by atoms with E-state index in [1.165, 1.54) is 15.4 Å². The molecule has 0 heterocycles. The van der Waals surface area contributed by atoms with Crippen LogP contribution in [0.4, 0.5) is 11.4 Å². The van der Waals surface area contributed by atoms with Crippen molar-refractivity contribution in [3.63, 3.8) is 0 Å². The zero-order chi connectivity index (χ0) is 19.3. The number of hydrogen-bond acceptors (Lipinski definition) is 3. The summed E-state index contributed by atoms with van der Waals surface area (Å²) in [5.41, 5.74) is 3.89. The molecule has 0 aromatic heterocycles. The van der Waals surface area contributed by atoms with E-state index in [0.29, 0.717) is 23.9 Å². The summed E-state index contributed by atoms with van der Waals surface area (Å²) < 4.78 is 26.7. The lowest BCUT2D eigenvalue weighted by atomic mass is 10.1. The van der Waals surface area contributed by atoms with E-state index < -0.39 is 10.0 Å². The van der Waals surface area contributed by atoms with Gasteiger partial charge in [0.15, 0.2) is 5.11 Å². The van der Waals surface area contributed by atoms with E-state index in [1.807, 2.05) is 39.0 Å². The van der Waals surface area contributed by atoms with Crippen LogP contribution in [0.25, 0.3) is 0 Å². The maximum absolute atomic E-state index is 12.6. The third-order valence-electron chi connectivity index (χ3n) is 4.20. The van der Waals surface area contributed by atoms with Crippen molar-refractivity contribution >= 4 is 38.7 Å². The van der Waals surface area contributed by atoms with Crippen LogP contribution in [0, 0.1) is 13.8 Å². The number of sulfonamides is 1. The van der Waals surface area contributed by atoms with Gasteiger partial charge in [0.25, 0.3) is 0 Å². The molecule has 0 aliphatic carbocycles. The zero-order valence-corrected chi connectivity index (χ0v) is 17.2. The molecule has 0 bridgehead atoms. The molecule has 0 atom stereocenters. The molecule has 0 saturated carbocycles. The van der Waals surface area contributed by atoms with Gasteiger partial charge < -0.3 is 10.6 Å². The molecule has 2 aromatic carbocycles. The fourth-order valence-electron chi connectivity index (χ4n) is 2.56. The number of nitrogens with one attached hydrogen (secondary N) is 2. The zero-order valence-electron chi connectivity index (χ0n) is 15.5. The quantitative estimate of drug-likeness (QED) is 0.725. The van der Waals surface area contributed by atoms with E-state index in [4.69, 9.17) is 12.2 Å². The molecule has 26 heavy (non-hydrogen) atoms. The number of hydrogen-bond donors (Lipinski definition) is 2. The van der Waals surface area contributed by atoms with Gasteiger partial charge in [-0.1, -0.05) is 26.0 Å². The van der Waals surface area contributed by atoms with Gasteiger partial charge in [0.1, 0.15) is 0 Å². The van der Waals surface area contributed by atoms with Gasteiger partial charge in [-0.15, -0.1) is 0 Å². The van der Waals surface area contributed by atoms with Crippen molar-refractivity contribution < 1.29 is 8.42 Å². The Kier molecular flexibility index (Phi) is 6.75. The second-order valence-corrected chi connectivity index (χ2v) is 8.34. The Hall–Kier alpha value is -1.96. The molecule has 0 amide bonds. The van der Waals surface area contributed by atoms with E-state index in [-0.39, 0.29) is 4.90 Å². The van der Waals surface area contributed by atoms with Gasteiger partial charge in [-0.3, -0.25) is 0 Å². The van der Waals surface area contributed by atoms with E-state index in [1.54, 1.807) is 24.3 Å². The highest BCUT2D eigenvalue weighted by Gasteiger charge is 2.21. The Balaban J connectivity index is 2.15. The predicted molar refractivity (Wildman–Crippen MR) is 112 cm³/mol. The van der Waals surface area contributed by atoms with Crippen LogP contribution in [0.5, 0.6) is 0 Å². The van der Waals surface area contributed by atoms with Crippen molar-refractivity contribution in [3.8, 4) is 0 Å². The van der Waals surface area contributed by atoms with Crippen LogP contribution in [0.15, 0.2) is 47.4 Å². The van der Waals surface area contributed by atoms with Crippen LogP contribution in [-0.4, -0.2) is 30.9 Å². The van der Waals surface area contributed by atoms with Crippen LogP contribution in [-0.2, 0) is 10.0 Å². The minimum atomic E-state index is -3.50. The average Bonchev–Trinajstić information content (AvgIpc) is 2.59. The fraction of sp³-hybridized carbons (Fsp3) is 0.316. The summed E-state index contributed by atoms with van der Waals surface area (Å²) in [4.78, 5) is 0.250. The van der Waals surface area contributed by atoms with Crippen molar-refractivity contribution in [2.24, 2.45) is 0 Å². The summed E-state index contributed by atoms with van der Waals surface area (Å²) in [5, 5.41) is 6.58. The first-order valence-electron chi connectivity index (χ1n) is 8.53. The first-order chi connectivity index (χ1) is 12.3. The van der Waals surface area contributed by atoms with Gasteiger partial charge in [-0.25, -0.2) is 8.42 Å². The number of rotatable bonds is 6. The standard InChI is InChI=1S/C19H25N3O2S2/c1-5-22(6-2)26(23,24)18-9-7-8-16(13-18)20-19(25)21-17-11-10-14(3)15(4)12-17/h7-13H,5-6H2,1-4H3,(H2,20,21,25). The van der Waals surface area contributed by atoms with Crippen molar-refractivity contribution in [1.82, 2.24) is 4.31 Å². The van der Waals surface area contributed by atoms with Crippen molar-refractivity contribution in [2.45, 2.75) is 32.6 Å². The summed E-state index contributed by atoms with van der Waals surface area (Å²) >= 11 is 5.35. The van der Waals surface area contributed by atoms with Gasteiger partial charge in [0.2, 0.25) is 10.0 Å². The Bertz CT molecular complexity index is 891. The Morgan fingerprint density at radius 1 is 0.962 bits per heavy atom. The molecule has 2 rings (SSSR count). The SMILES string of the molecule is CCN(CC)S(=O)(=O)c1cccc(NC(=S)Nc2ccc(C)c(C)c2)c1. The summed E-state index contributed by atoms with van der Waals surface area (Å²) in [5.74, 6) is 0. The van der Waals surface area contributed by atoms with Gasteiger partial charge in [0.05, 0.1) is 4.90 Å². The Morgan fingerprint density at radius 3 is 2.15 bits per heavy atom. The van der Waals surface area contributed by atoms with E-state index >= 15 is 0 Å². The molecule has 5 nitrogen and oxygen atoms in total. The minimum Gasteiger partial charge on any atom is -0.332 e. The van der Waals surface area contributed by atoms with Gasteiger partial charge in [0, 0.05) is 24.5 Å². The molecule has 7 heteroatoms. The highest BCUT2D eigenvalue weighted by molar-refractivity contribution is 7.89. The summed E-state index contributed by atoms with van der Waals surface area (Å²) in [6, 6.07) is 12.7. The maximum atomic E-state index is 12.6. The van der Waals surface area contributed by atoms with Crippen molar-refractivity contribution in [1.29, 1.82) is 0 Å². The normalized spacial score (nSPS) is 11.4. The lowest BCUT2D eigenvalue weighted by molar-refractivity contribution is 0.445. The molecular weight excluding hydrogens is 366 g/mol. The monoisotopic (exact) mass is 391 g/mol. The molecule has 2 aromatic rings. The summed E-state index contributed by atoms with van der Waals surface area (Å²) in [7, 11) is -3.50. The molecule has 140 valence electrons. The number of nitrogens with zero attached hydrogens (tertiary/aromatic N) is 1. The van der Waals surface area contributed by atoms with E-state index in [0.717, 1.165) is 5.69 Å². The second kappa shape index (κ2) is 8.62. The van der Waals surface area contributed by atoms with Crippen molar-refractivity contribution in [3.05, 3.63) is 53.6 Å². The third-order valence-corrected chi connectivity index (χ3v) is 6.45. The highest BCUT2D eigenvalue weighted by atomic mass is 32.2. The Labute approximate surface area is 161 Å². The van der Waals surface area contributed by atoms with Gasteiger partial charge in [-0.05, 0) is 67.5 Å². The topological polar surface area (TPSA) is 61.4 Å². The highest BCUT2D eigenvalue weighted by Crippen LogP contribution is 2.20. The van der Waals surface area contributed by atoms with E-state index in [2.05, 4.69) is 17.6 Å².